The lowest BCUT2D eigenvalue weighted by atomic mass is 9.61. The first-order valence-corrected chi connectivity index (χ1v) is 9.44. The minimum Gasteiger partial charge on any atom is -0.462 e. The second-order valence-corrected chi connectivity index (χ2v) is 8.46. The van der Waals surface area contributed by atoms with E-state index in [1.54, 1.807) is 5.57 Å². The molecular formula is C20H30O2. The van der Waals surface area contributed by atoms with E-state index in [2.05, 4.69) is 13.8 Å². The van der Waals surface area contributed by atoms with Gasteiger partial charge in [0.2, 0.25) is 0 Å². The highest BCUT2D eigenvalue weighted by atomic mass is 16.5. The molecule has 6 unspecified atom stereocenters. The van der Waals surface area contributed by atoms with Crippen LogP contribution in [0.4, 0.5) is 0 Å². The quantitative estimate of drug-likeness (QED) is 0.548. The van der Waals surface area contributed by atoms with E-state index in [9.17, 15) is 4.79 Å². The predicted molar refractivity (Wildman–Crippen MR) is 87.3 cm³/mol. The molecule has 2 heteroatoms. The van der Waals surface area contributed by atoms with Crippen molar-refractivity contribution in [2.75, 3.05) is 0 Å². The predicted octanol–water partition coefficient (Wildman–Crippen LogP) is 4.88. The molecule has 0 radical (unpaired) electrons. The van der Waals surface area contributed by atoms with Crippen LogP contribution in [0.15, 0.2) is 11.1 Å². The van der Waals surface area contributed by atoms with E-state index in [1.807, 2.05) is 12.5 Å². The molecule has 122 valence electrons. The summed E-state index contributed by atoms with van der Waals surface area (Å²) in [5.41, 5.74) is 4.00. The van der Waals surface area contributed by atoms with Gasteiger partial charge in [-0.25, -0.2) is 0 Å². The van der Waals surface area contributed by atoms with Gasteiger partial charge in [-0.15, -0.1) is 0 Å². The van der Waals surface area contributed by atoms with Crippen LogP contribution >= 0.6 is 0 Å². The molecule has 0 spiro atoms. The zero-order valence-corrected chi connectivity index (χ0v) is 14.4. The van der Waals surface area contributed by atoms with Crippen molar-refractivity contribution in [1.29, 1.82) is 0 Å². The van der Waals surface area contributed by atoms with Crippen LogP contribution in [0.2, 0.25) is 0 Å². The van der Waals surface area contributed by atoms with Crippen molar-refractivity contribution >= 4 is 5.97 Å². The largest absolute Gasteiger partial charge is 0.462 e. The molecule has 0 heterocycles. The summed E-state index contributed by atoms with van der Waals surface area (Å²) in [6.45, 7) is 6.78. The third-order valence-electron chi connectivity index (χ3n) is 7.61. The highest BCUT2D eigenvalue weighted by Crippen LogP contribution is 2.72. The van der Waals surface area contributed by atoms with Gasteiger partial charge in [0.25, 0.3) is 0 Å². The van der Waals surface area contributed by atoms with Crippen molar-refractivity contribution in [3.63, 3.8) is 0 Å². The fraction of sp³-hybridized carbons (Fsp3) is 0.850. The molecule has 0 saturated heterocycles. The first-order chi connectivity index (χ1) is 10.6. The van der Waals surface area contributed by atoms with Gasteiger partial charge in [0.05, 0.1) is 0 Å². The molecule has 3 fully saturated rings. The van der Waals surface area contributed by atoms with Gasteiger partial charge >= 0.3 is 5.97 Å². The molecule has 4 aliphatic carbocycles. The van der Waals surface area contributed by atoms with Crippen molar-refractivity contribution in [3.8, 4) is 0 Å². The third-order valence-corrected chi connectivity index (χ3v) is 7.61. The molecule has 0 aromatic carbocycles. The highest BCUT2D eigenvalue weighted by Gasteiger charge is 2.65. The number of rotatable bonds is 3. The highest BCUT2D eigenvalue weighted by molar-refractivity contribution is 5.69. The van der Waals surface area contributed by atoms with Gasteiger partial charge < -0.3 is 4.74 Å². The molecule has 4 aliphatic rings. The number of hydrogen-bond acceptors (Lipinski definition) is 2. The maximum Gasteiger partial charge on any atom is 0.305 e. The monoisotopic (exact) mass is 302 g/mol. The standard InChI is InChI=1S/C20H30O2/c1-4-19(21)22-15-9-16-14-8-13(3)20(11-14,18(16)10-15)17-7-5-6-12(17)2/h13-16,18H,4-11H2,1-3H3. The number of esters is 1. The fourth-order valence-corrected chi connectivity index (χ4v) is 6.90. The third kappa shape index (κ3) is 1.88. The van der Waals surface area contributed by atoms with Crippen LogP contribution in [0.25, 0.3) is 0 Å². The van der Waals surface area contributed by atoms with Crippen LogP contribution in [0.3, 0.4) is 0 Å². The average molecular weight is 302 g/mol. The van der Waals surface area contributed by atoms with Crippen LogP contribution in [0.1, 0.15) is 72.1 Å². The summed E-state index contributed by atoms with van der Waals surface area (Å²) in [7, 11) is 0. The van der Waals surface area contributed by atoms with E-state index in [1.165, 1.54) is 32.1 Å². The Morgan fingerprint density at radius 2 is 2.09 bits per heavy atom. The fourth-order valence-electron chi connectivity index (χ4n) is 6.90. The summed E-state index contributed by atoms with van der Waals surface area (Å²) in [6, 6.07) is 0. The second-order valence-electron chi connectivity index (χ2n) is 8.46. The van der Waals surface area contributed by atoms with Crippen molar-refractivity contribution < 1.29 is 9.53 Å². The van der Waals surface area contributed by atoms with Gasteiger partial charge in [-0.2, -0.15) is 0 Å². The topological polar surface area (TPSA) is 26.3 Å². The molecule has 0 aromatic heterocycles. The molecule has 0 aliphatic heterocycles. The Morgan fingerprint density at radius 3 is 2.77 bits per heavy atom. The molecule has 4 rings (SSSR count). The van der Waals surface area contributed by atoms with Crippen LogP contribution in [-0.2, 0) is 9.53 Å². The number of ether oxygens (including phenoxy) is 1. The maximum absolute atomic E-state index is 11.7. The molecule has 0 aromatic rings. The summed E-state index contributed by atoms with van der Waals surface area (Å²) in [5.74, 6) is 3.34. The normalized spacial score (nSPS) is 46.4. The summed E-state index contributed by atoms with van der Waals surface area (Å²) >= 11 is 0. The van der Waals surface area contributed by atoms with E-state index in [0.29, 0.717) is 11.8 Å². The van der Waals surface area contributed by atoms with Crippen molar-refractivity contribution in [3.05, 3.63) is 11.1 Å². The maximum atomic E-state index is 11.7. The summed E-state index contributed by atoms with van der Waals surface area (Å²) in [6.07, 6.45) is 9.86. The molecule has 2 nitrogen and oxygen atoms in total. The number of hydrogen-bond donors (Lipinski definition) is 0. The zero-order chi connectivity index (χ0) is 15.5. The Hall–Kier alpha value is -0.790. The lowest BCUT2D eigenvalue weighted by Gasteiger charge is -2.43. The van der Waals surface area contributed by atoms with Gasteiger partial charge in [0, 0.05) is 6.42 Å². The Labute approximate surface area is 134 Å². The molecule has 2 bridgehead atoms. The van der Waals surface area contributed by atoms with Crippen molar-refractivity contribution in [1.82, 2.24) is 0 Å². The molecule has 22 heavy (non-hydrogen) atoms. The Balaban J connectivity index is 1.62. The minimum absolute atomic E-state index is 0.00400. The number of allylic oxidation sites excluding steroid dienone is 2. The molecule has 6 atom stereocenters. The van der Waals surface area contributed by atoms with Gasteiger partial charge in [-0.05, 0) is 81.0 Å². The van der Waals surface area contributed by atoms with Gasteiger partial charge in [-0.3, -0.25) is 4.79 Å². The Kier molecular flexibility index (Phi) is 3.43. The van der Waals surface area contributed by atoms with Gasteiger partial charge in [0.15, 0.2) is 0 Å². The lowest BCUT2D eigenvalue weighted by Crippen LogP contribution is -2.36. The molecule has 3 saturated carbocycles. The average Bonchev–Trinajstić information content (AvgIpc) is 3.20. The van der Waals surface area contributed by atoms with E-state index in [0.717, 1.165) is 36.5 Å². The second kappa shape index (κ2) is 5.11. The van der Waals surface area contributed by atoms with E-state index in [-0.39, 0.29) is 12.1 Å². The molecular weight excluding hydrogens is 272 g/mol. The van der Waals surface area contributed by atoms with E-state index in [4.69, 9.17) is 4.74 Å². The summed E-state index contributed by atoms with van der Waals surface area (Å²) < 4.78 is 5.74. The van der Waals surface area contributed by atoms with Crippen LogP contribution in [0.5, 0.6) is 0 Å². The summed E-state index contributed by atoms with van der Waals surface area (Å²) in [5, 5.41) is 0. The number of fused-ring (bicyclic) bond motifs is 5. The SMILES string of the molecule is CCC(=O)OC1CC2C3CC(C)C(C4=C(C)CCC4)(C3)C2C1. The van der Waals surface area contributed by atoms with Crippen LogP contribution in [0, 0.1) is 29.1 Å². The van der Waals surface area contributed by atoms with E-state index >= 15 is 0 Å². The Morgan fingerprint density at radius 1 is 1.27 bits per heavy atom. The Bertz CT molecular complexity index is 520. The van der Waals surface area contributed by atoms with Gasteiger partial charge in [-0.1, -0.05) is 25.0 Å². The smallest absolute Gasteiger partial charge is 0.305 e. The minimum atomic E-state index is -0.00400. The first-order valence-electron chi connectivity index (χ1n) is 9.44. The van der Waals surface area contributed by atoms with Gasteiger partial charge in [0.1, 0.15) is 6.10 Å². The molecule has 0 N–H and O–H groups in total. The number of carbonyl (C=O) groups excluding carboxylic acids is 1. The van der Waals surface area contributed by atoms with Crippen LogP contribution in [-0.4, -0.2) is 12.1 Å². The first kappa shape index (κ1) is 14.8. The van der Waals surface area contributed by atoms with Crippen molar-refractivity contribution in [2.45, 2.75) is 78.2 Å². The van der Waals surface area contributed by atoms with E-state index < -0.39 is 0 Å². The number of carbonyl (C=O) groups is 1. The lowest BCUT2D eigenvalue weighted by molar-refractivity contribution is -0.148. The van der Waals surface area contributed by atoms with Crippen LogP contribution < -0.4 is 0 Å². The zero-order valence-electron chi connectivity index (χ0n) is 14.4. The van der Waals surface area contributed by atoms with Crippen molar-refractivity contribution in [2.24, 2.45) is 29.1 Å². The molecule has 0 amide bonds. The summed E-state index contributed by atoms with van der Waals surface area (Å²) in [4.78, 5) is 11.7.